The largest absolute Gasteiger partial charge is 0.481 e. The monoisotopic (exact) mass is 250 g/mol. The molecule has 1 heterocycles. The standard InChI is InChI=1S/C11H10N2O3S/c14-9(15)5-6-13-10(16)7-3-1-2-4-8(7)12-11(13)17/h1-4H,5-6H2,(H,12,17)(H,14,15). The second-order valence-corrected chi connectivity index (χ2v) is 3.96. The van der Waals surface area contributed by atoms with E-state index in [0.717, 1.165) is 0 Å². The molecule has 0 amide bonds. The van der Waals surface area contributed by atoms with Crippen molar-refractivity contribution in [1.29, 1.82) is 0 Å². The number of hydrogen-bond acceptors (Lipinski definition) is 3. The molecule has 1 aromatic heterocycles. The van der Waals surface area contributed by atoms with Gasteiger partial charge in [0.25, 0.3) is 5.56 Å². The molecule has 2 aromatic rings. The van der Waals surface area contributed by atoms with E-state index in [0.29, 0.717) is 10.9 Å². The third-order valence-electron chi connectivity index (χ3n) is 2.44. The Kier molecular flexibility index (Phi) is 3.06. The number of aliphatic carboxylic acids is 1. The van der Waals surface area contributed by atoms with Crippen molar-refractivity contribution in [3.8, 4) is 0 Å². The number of carboxylic acids is 1. The average Bonchev–Trinajstić information content (AvgIpc) is 2.28. The van der Waals surface area contributed by atoms with Crippen LogP contribution in [0, 0.1) is 4.77 Å². The molecule has 6 heteroatoms. The third kappa shape index (κ3) is 2.26. The fourth-order valence-corrected chi connectivity index (χ4v) is 1.89. The molecule has 0 aliphatic heterocycles. The van der Waals surface area contributed by atoms with E-state index in [4.69, 9.17) is 17.3 Å². The number of para-hydroxylation sites is 1. The van der Waals surface area contributed by atoms with Crippen molar-refractivity contribution in [3.63, 3.8) is 0 Å². The molecule has 0 saturated heterocycles. The first-order valence-corrected chi connectivity index (χ1v) is 5.44. The Morgan fingerprint density at radius 3 is 2.82 bits per heavy atom. The van der Waals surface area contributed by atoms with E-state index in [1.165, 1.54) is 4.57 Å². The summed E-state index contributed by atoms with van der Waals surface area (Å²) in [5, 5.41) is 9.12. The highest BCUT2D eigenvalue weighted by Crippen LogP contribution is 2.06. The van der Waals surface area contributed by atoms with Crippen LogP contribution in [0.4, 0.5) is 0 Å². The van der Waals surface area contributed by atoms with Crippen molar-refractivity contribution in [3.05, 3.63) is 39.4 Å². The Hall–Kier alpha value is -1.95. The molecule has 0 unspecified atom stereocenters. The SMILES string of the molecule is O=C(O)CCn1c(=S)[nH]c2ccccc2c1=O. The highest BCUT2D eigenvalue weighted by Gasteiger charge is 2.06. The van der Waals surface area contributed by atoms with Crippen LogP contribution in [0.25, 0.3) is 10.9 Å². The van der Waals surface area contributed by atoms with Gasteiger partial charge in [-0.15, -0.1) is 0 Å². The summed E-state index contributed by atoms with van der Waals surface area (Å²) in [6.45, 7) is 0.0777. The number of aromatic nitrogens is 2. The van der Waals surface area contributed by atoms with Gasteiger partial charge in [-0.1, -0.05) is 12.1 Å². The van der Waals surface area contributed by atoms with Crippen molar-refractivity contribution >= 4 is 29.1 Å². The summed E-state index contributed by atoms with van der Waals surface area (Å²) >= 11 is 5.03. The van der Waals surface area contributed by atoms with Gasteiger partial charge in [-0.25, -0.2) is 0 Å². The van der Waals surface area contributed by atoms with E-state index in [1.807, 2.05) is 0 Å². The number of carboxylic acid groups (broad SMARTS) is 1. The fraction of sp³-hybridized carbons (Fsp3) is 0.182. The van der Waals surface area contributed by atoms with Gasteiger partial charge in [-0.2, -0.15) is 0 Å². The van der Waals surface area contributed by atoms with Crippen molar-refractivity contribution in [1.82, 2.24) is 9.55 Å². The number of nitrogens with one attached hydrogen (secondary N) is 1. The van der Waals surface area contributed by atoms with Gasteiger partial charge in [-0.05, 0) is 24.4 Å². The van der Waals surface area contributed by atoms with Crippen LogP contribution in [-0.2, 0) is 11.3 Å². The first-order chi connectivity index (χ1) is 8.09. The van der Waals surface area contributed by atoms with Crippen molar-refractivity contribution < 1.29 is 9.90 Å². The second-order valence-electron chi connectivity index (χ2n) is 3.58. The molecule has 5 nitrogen and oxygen atoms in total. The van der Waals surface area contributed by atoms with E-state index in [9.17, 15) is 9.59 Å². The van der Waals surface area contributed by atoms with Gasteiger partial charge in [-0.3, -0.25) is 14.2 Å². The third-order valence-corrected chi connectivity index (χ3v) is 2.76. The number of rotatable bonds is 3. The first-order valence-electron chi connectivity index (χ1n) is 5.03. The predicted octanol–water partition coefficient (Wildman–Crippen LogP) is 1.53. The predicted molar refractivity (Wildman–Crippen MR) is 65.6 cm³/mol. The zero-order chi connectivity index (χ0) is 12.4. The number of benzene rings is 1. The first kappa shape index (κ1) is 11.5. The molecule has 0 spiro atoms. The lowest BCUT2D eigenvalue weighted by molar-refractivity contribution is -0.137. The number of carbonyl (C=O) groups is 1. The van der Waals surface area contributed by atoms with E-state index < -0.39 is 5.97 Å². The maximum Gasteiger partial charge on any atom is 0.305 e. The minimum atomic E-state index is -0.959. The van der Waals surface area contributed by atoms with Crippen LogP contribution in [0.3, 0.4) is 0 Å². The van der Waals surface area contributed by atoms with Crippen LogP contribution < -0.4 is 5.56 Å². The molecular formula is C11H10N2O3S. The Morgan fingerprint density at radius 2 is 2.12 bits per heavy atom. The molecule has 0 atom stereocenters. The van der Waals surface area contributed by atoms with Crippen LogP contribution >= 0.6 is 12.2 Å². The topological polar surface area (TPSA) is 75.1 Å². The number of nitrogens with zero attached hydrogens (tertiary/aromatic N) is 1. The molecule has 17 heavy (non-hydrogen) atoms. The lowest BCUT2D eigenvalue weighted by atomic mass is 10.2. The van der Waals surface area contributed by atoms with Crippen molar-refractivity contribution in [2.75, 3.05) is 0 Å². The number of H-pyrrole nitrogens is 1. The number of hydrogen-bond donors (Lipinski definition) is 2. The molecule has 0 aliphatic rings. The maximum absolute atomic E-state index is 12.0. The summed E-state index contributed by atoms with van der Waals surface area (Å²) in [5.41, 5.74) is 0.402. The molecule has 2 N–H and O–H groups in total. The van der Waals surface area contributed by atoms with E-state index in [-0.39, 0.29) is 23.3 Å². The minimum Gasteiger partial charge on any atom is -0.481 e. The van der Waals surface area contributed by atoms with Gasteiger partial charge in [0.15, 0.2) is 4.77 Å². The highest BCUT2D eigenvalue weighted by molar-refractivity contribution is 7.71. The Morgan fingerprint density at radius 1 is 1.41 bits per heavy atom. The lowest BCUT2D eigenvalue weighted by Crippen LogP contribution is -2.23. The summed E-state index contributed by atoms with van der Waals surface area (Å²) < 4.78 is 1.51. The molecule has 2 rings (SSSR count). The van der Waals surface area contributed by atoms with Gasteiger partial charge < -0.3 is 10.1 Å². The van der Waals surface area contributed by atoms with E-state index in [1.54, 1.807) is 24.3 Å². The number of fused-ring (bicyclic) bond motifs is 1. The highest BCUT2D eigenvalue weighted by atomic mass is 32.1. The molecule has 0 saturated carbocycles. The van der Waals surface area contributed by atoms with Crippen molar-refractivity contribution in [2.45, 2.75) is 13.0 Å². The van der Waals surface area contributed by atoms with Crippen LogP contribution in [0.2, 0.25) is 0 Å². The Bertz CT molecular complexity index is 687. The summed E-state index contributed by atoms with van der Waals surface area (Å²) in [7, 11) is 0. The quantitative estimate of drug-likeness (QED) is 0.810. The zero-order valence-electron chi connectivity index (χ0n) is 8.84. The van der Waals surface area contributed by atoms with Crippen LogP contribution in [0.5, 0.6) is 0 Å². The Balaban J connectivity index is 2.60. The molecule has 1 aromatic carbocycles. The maximum atomic E-state index is 12.0. The van der Waals surface area contributed by atoms with Gasteiger partial charge in [0.2, 0.25) is 0 Å². The van der Waals surface area contributed by atoms with Crippen LogP contribution in [0.15, 0.2) is 29.1 Å². The normalized spacial score (nSPS) is 10.6. The summed E-state index contributed by atoms with van der Waals surface area (Å²) in [4.78, 5) is 25.5. The minimum absolute atomic E-state index is 0.0777. The lowest BCUT2D eigenvalue weighted by Gasteiger charge is -2.06. The van der Waals surface area contributed by atoms with E-state index >= 15 is 0 Å². The van der Waals surface area contributed by atoms with Crippen LogP contribution in [0.1, 0.15) is 6.42 Å². The smallest absolute Gasteiger partial charge is 0.305 e. The average molecular weight is 250 g/mol. The molecule has 0 aliphatic carbocycles. The zero-order valence-corrected chi connectivity index (χ0v) is 9.66. The van der Waals surface area contributed by atoms with Gasteiger partial charge in [0.05, 0.1) is 17.3 Å². The van der Waals surface area contributed by atoms with Gasteiger partial charge in [0, 0.05) is 6.54 Å². The van der Waals surface area contributed by atoms with Gasteiger partial charge >= 0.3 is 5.97 Å². The van der Waals surface area contributed by atoms with Crippen LogP contribution in [-0.4, -0.2) is 20.6 Å². The number of aromatic amines is 1. The van der Waals surface area contributed by atoms with Crippen molar-refractivity contribution in [2.24, 2.45) is 0 Å². The summed E-state index contributed by atoms with van der Waals surface area (Å²) in [6.07, 6.45) is -0.129. The molecule has 0 fully saturated rings. The van der Waals surface area contributed by atoms with E-state index in [2.05, 4.69) is 4.98 Å². The summed E-state index contributed by atoms with van der Waals surface area (Å²) in [5.74, 6) is -0.959. The summed E-state index contributed by atoms with van der Waals surface area (Å²) in [6, 6.07) is 6.99. The molecule has 0 radical (unpaired) electrons. The fourth-order valence-electron chi connectivity index (χ4n) is 1.61. The molecule has 0 bridgehead atoms. The Labute approximate surface area is 101 Å². The molecule has 88 valence electrons. The van der Waals surface area contributed by atoms with Gasteiger partial charge in [0.1, 0.15) is 0 Å². The second kappa shape index (κ2) is 4.50. The molecular weight excluding hydrogens is 240 g/mol.